The lowest BCUT2D eigenvalue weighted by molar-refractivity contribution is -0.925. The van der Waals surface area contributed by atoms with E-state index < -0.39 is 0 Å². The molecule has 2 aromatic rings. The second-order valence-corrected chi connectivity index (χ2v) is 7.75. The summed E-state index contributed by atoms with van der Waals surface area (Å²) in [5.74, 6) is -0.149. The Kier molecular flexibility index (Phi) is 5.76. The summed E-state index contributed by atoms with van der Waals surface area (Å²) in [5.41, 5.74) is 4.90. The molecule has 0 saturated carbocycles. The Balaban J connectivity index is 1.44. The predicted octanol–water partition coefficient (Wildman–Crippen LogP) is 1.49. The van der Waals surface area contributed by atoms with Crippen LogP contribution in [0.25, 0.3) is 5.57 Å². The van der Waals surface area contributed by atoms with Crippen LogP contribution >= 0.6 is 0 Å². The quantitative estimate of drug-likeness (QED) is 0.804. The molecule has 0 saturated heterocycles. The van der Waals surface area contributed by atoms with E-state index in [1.807, 2.05) is 35.2 Å². The van der Waals surface area contributed by atoms with Gasteiger partial charge in [0.25, 0.3) is 5.91 Å². The zero-order valence-corrected chi connectivity index (χ0v) is 16.8. The molecular formula is C24H27N2O3+. The molecule has 0 aromatic heterocycles. The summed E-state index contributed by atoms with van der Waals surface area (Å²) in [6.45, 7) is 2.31. The molecule has 2 heterocycles. The van der Waals surface area contributed by atoms with Crippen molar-refractivity contribution in [2.45, 2.75) is 25.4 Å². The largest absolute Gasteiger partial charge is 0.465 e. The fourth-order valence-corrected chi connectivity index (χ4v) is 4.36. The molecule has 0 radical (unpaired) electrons. The van der Waals surface area contributed by atoms with Gasteiger partial charge in [0, 0.05) is 25.1 Å². The molecule has 2 atom stereocenters. The summed E-state index contributed by atoms with van der Waals surface area (Å²) in [7, 11) is 1.42. The molecule has 5 heteroatoms. The highest BCUT2D eigenvalue weighted by Gasteiger charge is 2.37. The van der Waals surface area contributed by atoms with Crippen molar-refractivity contribution in [1.29, 1.82) is 0 Å². The smallest absolute Gasteiger partial charge is 0.365 e. The lowest BCUT2D eigenvalue weighted by atomic mass is 9.94. The summed E-state index contributed by atoms with van der Waals surface area (Å²) in [5, 5.41) is 0. The average molecular weight is 391 g/mol. The lowest BCUT2D eigenvalue weighted by Crippen LogP contribution is -3.17. The number of carbonyl (C=O) groups excluding carboxylic acids is 2. The Morgan fingerprint density at radius 3 is 2.48 bits per heavy atom. The van der Waals surface area contributed by atoms with E-state index in [0.29, 0.717) is 32.6 Å². The van der Waals surface area contributed by atoms with Crippen LogP contribution in [-0.2, 0) is 27.3 Å². The first-order valence-electron chi connectivity index (χ1n) is 10.2. The molecule has 1 N–H and O–H groups in total. The second-order valence-electron chi connectivity index (χ2n) is 7.75. The van der Waals surface area contributed by atoms with Crippen molar-refractivity contribution in [2.24, 2.45) is 0 Å². The Labute approximate surface area is 171 Å². The number of hydrogen-bond donors (Lipinski definition) is 1. The van der Waals surface area contributed by atoms with Gasteiger partial charge in [-0.25, -0.2) is 4.79 Å². The molecule has 0 bridgehead atoms. The molecule has 1 unspecified atom stereocenters. The van der Waals surface area contributed by atoms with Crippen LogP contribution in [0.1, 0.15) is 23.1 Å². The number of rotatable bonds is 4. The first-order chi connectivity index (χ1) is 14.2. The summed E-state index contributed by atoms with van der Waals surface area (Å²) >= 11 is 0. The maximum absolute atomic E-state index is 13.0. The number of amides is 1. The zero-order valence-electron chi connectivity index (χ0n) is 16.8. The second kappa shape index (κ2) is 8.62. The van der Waals surface area contributed by atoms with Gasteiger partial charge in [-0.05, 0) is 23.1 Å². The number of esters is 1. The van der Waals surface area contributed by atoms with Crippen molar-refractivity contribution in [1.82, 2.24) is 4.90 Å². The Morgan fingerprint density at radius 2 is 1.79 bits per heavy atom. The van der Waals surface area contributed by atoms with Crippen molar-refractivity contribution in [2.75, 3.05) is 26.7 Å². The standard InChI is InChI=1S/C24H26N2O3/c1-29-24(28)22-15-20-9-5-6-10-21(20)16-26(22)17-23(27)25-13-11-19(12-14-25)18-7-3-2-4-8-18/h2-11,22H,12-17H2,1H3/p+1/t22-/m1/s1. The van der Waals surface area contributed by atoms with Crippen molar-refractivity contribution in [3.63, 3.8) is 0 Å². The first kappa shape index (κ1) is 19.4. The van der Waals surface area contributed by atoms with Crippen molar-refractivity contribution in [3.8, 4) is 0 Å². The Bertz CT molecular complexity index is 923. The molecule has 2 aliphatic heterocycles. The van der Waals surface area contributed by atoms with E-state index in [4.69, 9.17) is 4.74 Å². The highest BCUT2D eigenvalue weighted by Crippen LogP contribution is 2.22. The number of methoxy groups -OCH3 is 1. The SMILES string of the molecule is COC(=O)[C@H]1Cc2ccccc2C[NH+]1CC(=O)N1CC=C(c2ccccc2)CC1. The molecule has 2 aromatic carbocycles. The number of nitrogens with zero attached hydrogens (tertiary/aromatic N) is 1. The number of benzene rings is 2. The molecule has 0 spiro atoms. The molecule has 1 amide bonds. The number of hydrogen-bond acceptors (Lipinski definition) is 3. The van der Waals surface area contributed by atoms with Crippen LogP contribution in [0, 0.1) is 0 Å². The van der Waals surface area contributed by atoms with Crippen LogP contribution in [0.3, 0.4) is 0 Å². The van der Waals surface area contributed by atoms with Gasteiger partial charge in [0.05, 0.1) is 7.11 Å². The van der Waals surface area contributed by atoms with Gasteiger partial charge < -0.3 is 14.5 Å². The molecule has 29 heavy (non-hydrogen) atoms. The summed E-state index contributed by atoms with van der Waals surface area (Å²) in [6, 6.07) is 18.1. The van der Waals surface area contributed by atoms with E-state index in [-0.39, 0.29) is 17.9 Å². The van der Waals surface area contributed by atoms with Gasteiger partial charge in [-0.15, -0.1) is 0 Å². The van der Waals surface area contributed by atoms with E-state index in [9.17, 15) is 9.59 Å². The van der Waals surface area contributed by atoms with E-state index in [0.717, 1.165) is 11.3 Å². The van der Waals surface area contributed by atoms with Crippen LogP contribution < -0.4 is 4.90 Å². The molecular weight excluding hydrogens is 364 g/mol. The highest BCUT2D eigenvalue weighted by molar-refractivity contribution is 5.80. The van der Waals surface area contributed by atoms with Crippen LogP contribution in [-0.4, -0.2) is 49.6 Å². The maximum atomic E-state index is 13.0. The van der Waals surface area contributed by atoms with Crippen molar-refractivity contribution < 1.29 is 19.2 Å². The average Bonchev–Trinajstić information content (AvgIpc) is 2.78. The van der Waals surface area contributed by atoms with Gasteiger partial charge in [0.2, 0.25) is 0 Å². The van der Waals surface area contributed by atoms with Crippen LogP contribution in [0.5, 0.6) is 0 Å². The van der Waals surface area contributed by atoms with Gasteiger partial charge in [0.1, 0.15) is 6.54 Å². The topological polar surface area (TPSA) is 51.1 Å². The monoisotopic (exact) mass is 391 g/mol. The zero-order chi connectivity index (χ0) is 20.2. The van der Waals surface area contributed by atoms with Crippen LogP contribution in [0.15, 0.2) is 60.7 Å². The lowest BCUT2D eigenvalue weighted by Gasteiger charge is -2.34. The normalized spacial score (nSPS) is 21.1. The molecule has 150 valence electrons. The number of nitrogens with one attached hydrogen (secondary N) is 1. The minimum absolute atomic E-state index is 0.0941. The van der Waals surface area contributed by atoms with Gasteiger partial charge in [0.15, 0.2) is 12.6 Å². The first-order valence-corrected chi connectivity index (χ1v) is 10.2. The van der Waals surface area contributed by atoms with Gasteiger partial charge in [-0.2, -0.15) is 0 Å². The number of carbonyl (C=O) groups is 2. The fourth-order valence-electron chi connectivity index (χ4n) is 4.36. The maximum Gasteiger partial charge on any atom is 0.365 e. The van der Waals surface area contributed by atoms with E-state index in [2.05, 4.69) is 30.3 Å². The van der Waals surface area contributed by atoms with Gasteiger partial charge in [-0.3, -0.25) is 4.79 Å². The highest BCUT2D eigenvalue weighted by atomic mass is 16.5. The summed E-state index contributed by atoms with van der Waals surface area (Å²) in [4.78, 5) is 28.2. The Hall–Kier alpha value is -2.92. The summed E-state index contributed by atoms with van der Waals surface area (Å²) in [6.07, 6.45) is 3.62. The predicted molar refractivity (Wildman–Crippen MR) is 111 cm³/mol. The van der Waals surface area contributed by atoms with Gasteiger partial charge >= 0.3 is 5.97 Å². The van der Waals surface area contributed by atoms with Crippen LogP contribution in [0.4, 0.5) is 0 Å². The third-order valence-corrected chi connectivity index (χ3v) is 6.02. The minimum Gasteiger partial charge on any atom is -0.465 e. The third-order valence-electron chi connectivity index (χ3n) is 6.02. The third kappa shape index (κ3) is 4.25. The van der Waals surface area contributed by atoms with Crippen molar-refractivity contribution in [3.05, 3.63) is 77.4 Å². The van der Waals surface area contributed by atoms with E-state index in [1.54, 1.807) is 0 Å². The summed E-state index contributed by atoms with van der Waals surface area (Å²) < 4.78 is 5.03. The number of fused-ring (bicyclic) bond motifs is 1. The molecule has 2 aliphatic rings. The van der Waals surface area contributed by atoms with Crippen LogP contribution in [0.2, 0.25) is 0 Å². The minimum atomic E-state index is -0.334. The van der Waals surface area contributed by atoms with Crippen molar-refractivity contribution >= 4 is 17.4 Å². The number of ether oxygens (including phenoxy) is 1. The molecule has 4 rings (SSSR count). The van der Waals surface area contributed by atoms with E-state index in [1.165, 1.54) is 29.4 Å². The van der Waals surface area contributed by atoms with E-state index >= 15 is 0 Å². The van der Waals surface area contributed by atoms with Gasteiger partial charge in [-0.1, -0.05) is 60.7 Å². The fraction of sp³-hybridized carbons (Fsp3) is 0.333. The Morgan fingerprint density at radius 1 is 1.07 bits per heavy atom. The molecule has 5 nitrogen and oxygen atoms in total. The molecule has 0 fully saturated rings. The number of quaternary nitrogens is 1. The molecule has 0 aliphatic carbocycles.